The second kappa shape index (κ2) is 10.6. The van der Waals surface area contributed by atoms with Crippen LogP contribution in [0.15, 0.2) is 53.0 Å². The van der Waals surface area contributed by atoms with Crippen molar-refractivity contribution in [2.45, 2.75) is 56.0 Å². The molecule has 1 saturated heterocycles. The molecule has 1 aliphatic heterocycles. The van der Waals surface area contributed by atoms with Gasteiger partial charge in [0.05, 0.1) is 5.41 Å². The number of benzene rings is 2. The second-order valence-corrected chi connectivity index (χ2v) is 9.96. The lowest BCUT2D eigenvalue weighted by Gasteiger charge is -2.27. The number of halogens is 4. The summed E-state index contributed by atoms with van der Waals surface area (Å²) in [5.41, 5.74) is 0.646. The smallest absolute Gasteiger partial charge is 0.406 e. The minimum Gasteiger partial charge on any atom is -0.406 e. The Morgan fingerprint density at radius 1 is 1.06 bits per heavy atom. The van der Waals surface area contributed by atoms with E-state index < -0.39 is 17.8 Å². The number of ether oxygens (including phenoxy) is 1. The fourth-order valence-electron chi connectivity index (χ4n) is 4.38. The van der Waals surface area contributed by atoms with Crippen molar-refractivity contribution in [1.29, 1.82) is 0 Å². The number of amides is 2. The van der Waals surface area contributed by atoms with E-state index in [0.29, 0.717) is 24.8 Å². The van der Waals surface area contributed by atoms with E-state index in [0.717, 1.165) is 36.0 Å². The van der Waals surface area contributed by atoms with Crippen LogP contribution in [0.1, 0.15) is 36.8 Å². The van der Waals surface area contributed by atoms with Crippen LogP contribution in [0.2, 0.25) is 0 Å². The van der Waals surface area contributed by atoms with Crippen molar-refractivity contribution in [2.24, 2.45) is 0 Å². The molecule has 10 heteroatoms. The van der Waals surface area contributed by atoms with Crippen LogP contribution < -0.4 is 20.7 Å². The molecule has 0 aromatic heterocycles. The van der Waals surface area contributed by atoms with Gasteiger partial charge in [0, 0.05) is 16.9 Å². The first-order chi connectivity index (χ1) is 16.6. The van der Waals surface area contributed by atoms with Crippen LogP contribution in [0, 0.1) is 0 Å². The number of alkyl halides is 3. The molecular weight excluding hydrogens is 527 g/mol. The Kier molecular flexibility index (Phi) is 7.70. The first-order valence-corrected chi connectivity index (χ1v) is 12.4. The lowest BCUT2D eigenvalue weighted by Crippen LogP contribution is -2.54. The molecule has 1 atom stereocenters. The van der Waals surface area contributed by atoms with Crippen LogP contribution >= 0.6 is 15.9 Å². The lowest BCUT2D eigenvalue weighted by molar-refractivity contribution is -0.274. The minimum atomic E-state index is -4.78. The number of nitrogens with one attached hydrogen (secondary N) is 3. The third-order valence-electron chi connectivity index (χ3n) is 6.49. The summed E-state index contributed by atoms with van der Waals surface area (Å²) in [5.74, 6) is -0.880. The standard InChI is InChI=1S/C25H27BrF3N3O3/c26-18-5-1-16(2-6-18)15-21(22(33)31-19-9-13-30-14-10-19)32-23(34)24(11-12-24)17-3-7-20(8-4-17)35-25(27,28)29/h1-8,19,21,30H,9-15H2,(H,31,33)(H,32,34)/t21-/m0/s1. The number of carbonyl (C=O) groups is 2. The predicted octanol–water partition coefficient (Wildman–Crippen LogP) is 3.98. The van der Waals surface area contributed by atoms with E-state index in [1.54, 1.807) is 0 Å². The van der Waals surface area contributed by atoms with Gasteiger partial charge in [0.2, 0.25) is 11.8 Å². The molecule has 0 unspecified atom stereocenters. The Morgan fingerprint density at radius 3 is 2.26 bits per heavy atom. The molecule has 6 nitrogen and oxygen atoms in total. The summed E-state index contributed by atoms with van der Waals surface area (Å²) >= 11 is 3.40. The van der Waals surface area contributed by atoms with E-state index in [1.807, 2.05) is 24.3 Å². The maximum atomic E-state index is 13.4. The zero-order valence-electron chi connectivity index (χ0n) is 19.0. The Balaban J connectivity index is 1.48. The summed E-state index contributed by atoms with van der Waals surface area (Å²) in [4.78, 5) is 26.6. The van der Waals surface area contributed by atoms with Gasteiger partial charge in [-0.1, -0.05) is 40.2 Å². The molecule has 2 aromatic carbocycles. The summed E-state index contributed by atoms with van der Waals surface area (Å²) in [6.07, 6.45) is -1.71. The topological polar surface area (TPSA) is 79.5 Å². The molecule has 2 amide bonds. The molecular formula is C25H27BrF3N3O3. The third-order valence-corrected chi connectivity index (χ3v) is 7.01. The molecule has 4 rings (SSSR count). The molecule has 35 heavy (non-hydrogen) atoms. The van der Waals surface area contributed by atoms with Crippen molar-refractivity contribution in [1.82, 2.24) is 16.0 Å². The van der Waals surface area contributed by atoms with Gasteiger partial charge in [0.1, 0.15) is 11.8 Å². The lowest BCUT2D eigenvalue weighted by atomic mass is 9.93. The first-order valence-electron chi connectivity index (χ1n) is 11.6. The Hall–Kier alpha value is -2.59. The van der Waals surface area contributed by atoms with E-state index in [9.17, 15) is 22.8 Å². The van der Waals surface area contributed by atoms with Gasteiger partial charge in [0.25, 0.3) is 0 Å². The van der Waals surface area contributed by atoms with Crippen molar-refractivity contribution in [3.8, 4) is 5.75 Å². The number of hydrogen-bond donors (Lipinski definition) is 3. The van der Waals surface area contributed by atoms with E-state index in [2.05, 4.69) is 36.6 Å². The predicted molar refractivity (Wildman–Crippen MR) is 128 cm³/mol. The molecule has 0 spiro atoms. The van der Waals surface area contributed by atoms with Gasteiger partial charge in [-0.25, -0.2) is 0 Å². The van der Waals surface area contributed by atoms with Gasteiger partial charge in [-0.3, -0.25) is 9.59 Å². The van der Waals surface area contributed by atoms with E-state index in [4.69, 9.17) is 0 Å². The normalized spacial score (nSPS) is 18.4. The molecule has 1 heterocycles. The van der Waals surface area contributed by atoms with Gasteiger partial charge in [-0.2, -0.15) is 0 Å². The molecule has 1 aliphatic carbocycles. The molecule has 1 saturated carbocycles. The molecule has 0 bridgehead atoms. The van der Waals surface area contributed by atoms with Crippen LogP contribution in [-0.4, -0.2) is 43.3 Å². The minimum absolute atomic E-state index is 0.0455. The van der Waals surface area contributed by atoms with Crippen LogP contribution in [0.4, 0.5) is 13.2 Å². The largest absolute Gasteiger partial charge is 0.573 e. The zero-order valence-corrected chi connectivity index (χ0v) is 20.5. The van der Waals surface area contributed by atoms with E-state index >= 15 is 0 Å². The van der Waals surface area contributed by atoms with Gasteiger partial charge < -0.3 is 20.7 Å². The fraction of sp³-hybridized carbons (Fsp3) is 0.440. The number of piperidine rings is 1. The molecule has 0 radical (unpaired) electrons. The van der Waals surface area contributed by atoms with Crippen molar-refractivity contribution >= 4 is 27.7 Å². The molecule has 2 fully saturated rings. The molecule has 188 valence electrons. The number of hydrogen-bond acceptors (Lipinski definition) is 4. The average molecular weight is 554 g/mol. The first kappa shape index (κ1) is 25.5. The SMILES string of the molecule is O=C(NC1CCNCC1)[C@H](Cc1ccc(Br)cc1)NC(=O)C1(c2ccc(OC(F)(F)F)cc2)CC1. The highest BCUT2D eigenvalue weighted by Crippen LogP contribution is 2.49. The summed E-state index contributed by atoms with van der Waals surface area (Å²) < 4.78 is 42.3. The van der Waals surface area contributed by atoms with Crippen LogP contribution in [0.3, 0.4) is 0 Å². The van der Waals surface area contributed by atoms with Gasteiger partial charge in [-0.15, -0.1) is 13.2 Å². The maximum absolute atomic E-state index is 13.4. The van der Waals surface area contributed by atoms with Crippen LogP contribution in [0.5, 0.6) is 5.75 Å². The zero-order chi connectivity index (χ0) is 25.1. The highest BCUT2D eigenvalue weighted by atomic mass is 79.9. The number of rotatable bonds is 8. The highest BCUT2D eigenvalue weighted by Gasteiger charge is 2.52. The second-order valence-electron chi connectivity index (χ2n) is 9.04. The van der Waals surface area contributed by atoms with Crippen molar-refractivity contribution in [3.05, 3.63) is 64.1 Å². The molecule has 2 aromatic rings. The third kappa shape index (κ3) is 6.76. The fourth-order valence-corrected chi connectivity index (χ4v) is 4.64. The Labute approximate surface area is 210 Å². The number of carbonyl (C=O) groups excluding carboxylic acids is 2. The van der Waals surface area contributed by atoms with Crippen LogP contribution in [-0.2, 0) is 21.4 Å². The van der Waals surface area contributed by atoms with Crippen molar-refractivity contribution < 1.29 is 27.5 Å². The summed E-state index contributed by atoms with van der Waals surface area (Å²) in [6, 6.07) is 12.2. The highest BCUT2D eigenvalue weighted by molar-refractivity contribution is 9.10. The summed E-state index contributed by atoms with van der Waals surface area (Å²) in [5, 5.41) is 9.27. The molecule has 2 aliphatic rings. The molecule has 3 N–H and O–H groups in total. The van der Waals surface area contributed by atoms with Crippen molar-refractivity contribution in [2.75, 3.05) is 13.1 Å². The summed E-state index contributed by atoms with van der Waals surface area (Å²) in [6.45, 7) is 1.65. The van der Waals surface area contributed by atoms with Gasteiger partial charge in [-0.05, 0) is 74.2 Å². The summed E-state index contributed by atoms with van der Waals surface area (Å²) in [7, 11) is 0. The average Bonchev–Trinajstić information content (AvgIpc) is 3.62. The Bertz CT molecular complexity index is 1030. The van der Waals surface area contributed by atoms with Crippen LogP contribution in [0.25, 0.3) is 0 Å². The monoisotopic (exact) mass is 553 g/mol. The quantitative estimate of drug-likeness (QED) is 0.462. The Morgan fingerprint density at radius 2 is 1.69 bits per heavy atom. The van der Waals surface area contributed by atoms with E-state index in [-0.39, 0.29) is 23.6 Å². The maximum Gasteiger partial charge on any atom is 0.573 e. The van der Waals surface area contributed by atoms with E-state index in [1.165, 1.54) is 24.3 Å². The van der Waals surface area contributed by atoms with Gasteiger partial charge in [0.15, 0.2) is 0 Å². The van der Waals surface area contributed by atoms with Gasteiger partial charge >= 0.3 is 6.36 Å². The van der Waals surface area contributed by atoms with Crippen molar-refractivity contribution in [3.63, 3.8) is 0 Å².